The summed E-state index contributed by atoms with van der Waals surface area (Å²) in [4.78, 5) is 37.8. The molecular weight excluding hydrogens is 252 g/mol. The summed E-state index contributed by atoms with van der Waals surface area (Å²) in [6.07, 6.45) is -0.681. The van der Waals surface area contributed by atoms with E-state index in [0.717, 1.165) is 0 Å². The van der Waals surface area contributed by atoms with Gasteiger partial charge in [0.25, 0.3) is 0 Å². The molecule has 0 aromatic rings. The number of hydrogen-bond acceptors (Lipinski definition) is 5. The maximum atomic E-state index is 12.2. The average Bonchev–Trinajstić information content (AvgIpc) is 2.79. The maximum Gasteiger partial charge on any atom is 0.321 e. The van der Waals surface area contributed by atoms with Crippen molar-refractivity contribution in [3.05, 3.63) is 0 Å². The molecular formula is C12H18N2O5. The first-order chi connectivity index (χ1) is 8.82. The van der Waals surface area contributed by atoms with Gasteiger partial charge >= 0.3 is 5.97 Å². The van der Waals surface area contributed by atoms with Crippen molar-refractivity contribution in [3.8, 4) is 0 Å². The van der Waals surface area contributed by atoms with Gasteiger partial charge in [-0.1, -0.05) is 0 Å². The minimum Gasteiger partial charge on any atom is -0.480 e. The Balaban J connectivity index is 2.21. The number of carbonyl (C=O) groups excluding carboxylic acids is 2. The van der Waals surface area contributed by atoms with Crippen LogP contribution in [0.2, 0.25) is 0 Å². The number of imide groups is 1. The van der Waals surface area contributed by atoms with Crippen LogP contribution in [0.25, 0.3) is 0 Å². The molecule has 2 aliphatic rings. The lowest BCUT2D eigenvalue weighted by Gasteiger charge is -2.26. The van der Waals surface area contributed by atoms with Crippen molar-refractivity contribution >= 4 is 17.8 Å². The van der Waals surface area contributed by atoms with E-state index in [1.54, 1.807) is 13.8 Å². The van der Waals surface area contributed by atoms with Gasteiger partial charge in [-0.2, -0.15) is 0 Å². The molecule has 0 aromatic carbocycles. The molecule has 3 atom stereocenters. The predicted molar refractivity (Wildman–Crippen MR) is 64.1 cm³/mol. The van der Waals surface area contributed by atoms with Crippen LogP contribution in [0.5, 0.6) is 0 Å². The van der Waals surface area contributed by atoms with E-state index in [-0.39, 0.29) is 37.2 Å². The number of aliphatic hydroxyl groups is 1. The van der Waals surface area contributed by atoms with Crippen LogP contribution in [0.1, 0.15) is 26.7 Å². The quantitative estimate of drug-likeness (QED) is 0.641. The molecule has 0 aromatic heterocycles. The van der Waals surface area contributed by atoms with Crippen LogP contribution in [0.4, 0.5) is 0 Å². The monoisotopic (exact) mass is 270 g/mol. The molecule has 2 N–H and O–H groups in total. The third-order valence-electron chi connectivity index (χ3n) is 3.68. The second-order valence-electron chi connectivity index (χ2n) is 5.36. The molecule has 2 rings (SSSR count). The summed E-state index contributed by atoms with van der Waals surface area (Å²) in [5.74, 6) is -1.71. The molecule has 0 spiro atoms. The molecule has 106 valence electrons. The Kier molecular flexibility index (Phi) is 3.60. The number of aliphatic carboxylic acids is 1. The fourth-order valence-electron chi connectivity index (χ4n) is 2.86. The summed E-state index contributed by atoms with van der Waals surface area (Å²) in [6, 6.07) is -1.89. The van der Waals surface area contributed by atoms with Crippen molar-refractivity contribution in [2.45, 2.75) is 50.9 Å². The molecule has 2 amide bonds. The van der Waals surface area contributed by atoms with Crippen LogP contribution in [0.3, 0.4) is 0 Å². The molecule has 2 heterocycles. The average molecular weight is 270 g/mol. The molecule has 3 unspecified atom stereocenters. The Morgan fingerprint density at radius 1 is 1.37 bits per heavy atom. The van der Waals surface area contributed by atoms with E-state index in [4.69, 9.17) is 5.11 Å². The van der Waals surface area contributed by atoms with Crippen molar-refractivity contribution in [2.75, 3.05) is 6.54 Å². The van der Waals surface area contributed by atoms with E-state index in [0.29, 0.717) is 0 Å². The minimum atomic E-state index is -1.07. The van der Waals surface area contributed by atoms with Gasteiger partial charge in [0.05, 0.1) is 18.6 Å². The van der Waals surface area contributed by atoms with Gasteiger partial charge in [-0.15, -0.1) is 0 Å². The second-order valence-corrected chi connectivity index (χ2v) is 5.36. The van der Waals surface area contributed by atoms with Crippen LogP contribution in [-0.2, 0) is 14.4 Å². The number of hydrogen-bond donors (Lipinski definition) is 2. The molecule has 2 aliphatic heterocycles. The summed E-state index contributed by atoms with van der Waals surface area (Å²) in [5.41, 5.74) is 0. The number of β-amino-alcohol motifs (C(OH)–C–C–N with tert-alkyl or cyclic N) is 1. The first-order valence-electron chi connectivity index (χ1n) is 6.35. The Bertz CT molecular complexity index is 422. The van der Waals surface area contributed by atoms with Gasteiger partial charge in [0.2, 0.25) is 11.8 Å². The molecule has 2 fully saturated rings. The number of amides is 2. The Hall–Kier alpha value is -1.47. The van der Waals surface area contributed by atoms with E-state index >= 15 is 0 Å². The highest BCUT2D eigenvalue weighted by Gasteiger charge is 2.49. The van der Waals surface area contributed by atoms with Crippen molar-refractivity contribution in [1.82, 2.24) is 9.80 Å². The first kappa shape index (κ1) is 14.0. The highest BCUT2D eigenvalue weighted by molar-refractivity contribution is 6.06. The van der Waals surface area contributed by atoms with Gasteiger partial charge in [0, 0.05) is 19.0 Å². The second kappa shape index (κ2) is 4.90. The molecule has 19 heavy (non-hydrogen) atoms. The van der Waals surface area contributed by atoms with Gasteiger partial charge in [0.15, 0.2) is 0 Å². The summed E-state index contributed by atoms with van der Waals surface area (Å²) >= 11 is 0. The van der Waals surface area contributed by atoms with Crippen LogP contribution < -0.4 is 0 Å². The lowest BCUT2D eigenvalue weighted by atomic mass is 10.1. The lowest BCUT2D eigenvalue weighted by molar-refractivity contribution is -0.145. The third kappa shape index (κ3) is 2.35. The highest BCUT2D eigenvalue weighted by Crippen LogP contribution is 2.28. The van der Waals surface area contributed by atoms with Crippen LogP contribution >= 0.6 is 0 Å². The lowest BCUT2D eigenvalue weighted by Crippen LogP contribution is -2.48. The molecule has 0 saturated carbocycles. The summed E-state index contributed by atoms with van der Waals surface area (Å²) < 4.78 is 0. The van der Waals surface area contributed by atoms with Crippen molar-refractivity contribution in [2.24, 2.45) is 0 Å². The summed E-state index contributed by atoms with van der Waals surface area (Å²) in [7, 11) is 0. The zero-order valence-electron chi connectivity index (χ0n) is 10.9. The normalized spacial score (nSPS) is 32.6. The molecule has 0 aliphatic carbocycles. The minimum absolute atomic E-state index is 0.00644. The van der Waals surface area contributed by atoms with Gasteiger partial charge in [-0.05, 0) is 13.8 Å². The van der Waals surface area contributed by atoms with E-state index in [1.807, 2.05) is 0 Å². The van der Waals surface area contributed by atoms with Gasteiger partial charge in [0.1, 0.15) is 6.04 Å². The van der Waals surface area contributed by atoms with E-state index in [2.05, 4.69) is 0 Å². The number of nitrogens with zero attached hydrogens (tertiary/aromatic N) is 2. The number of carboxylic acids is 1. The zero-order valence-corrected chi connectivity index (χ0v) is 10.9. The van der Waals surface area contributed by atoms with Crippen LogP contribution in [0.15, 0.2) is 0 Å². The number of carbonyl (C=O) groups is 3. The first-order valence-corrected chi connectivity index (χ1v) is 6.35. The van der Waals surface area contributed by atoms with Crippen LogP contribution in [0, 0.1) is 0 Å². The largest absolute Gasteiger partial charge is 0.480 e. The summed E-state index contributed by atoms with van der Waals surface area (Å²) in [5, 5.41) is 18.7. The van der Waals surface area contributed by atoms with E-state index in [1.165, 1.54) is 9.80 Å². The Morgan fingerprint density at radius 3 is 2.47 bits per heavy atom. The van der Waals surface area contributed by atoms with Crippen LogP contribution in [-0.4, -0.2) is 68.6 Å². The Morgan fingerprint density at radius 2 is 2.00 bits per heavy atom. The van der Waals surface area contributed by atoms with Gasteiger partial charge in [-0.3, -0.25) is 24.2 Å². The molecule has 2 saturated heterocycles. The predicted octanol–water partition coefficient (Wildman–Crippen LogP) is -0.958. The maximum absolute atomic E-state index is 12.2. The van der Waals surface area contributed by atoms with E-state index in [9.17, 15) is 19.5 Å². The molecule has 0 radical (unpaired) electrons. The number of likely N-dealkylation sites (tertiary alicyclic amines) is 2. The smallest absolute Gasteiger partial charge is 0.321 e. The molecule has 7 nitrogen and oxygen atoms in total. The topological polar surface area (TPSA) is 98.2 Å². The van der Waals surface area contributed by atoms with Crippen molar-refractivity contribution in [3.63, 3.8) is 0 Å². The standard InChI is InChI=1S/C12H18N2O5/c1-6(2)14-10(16)4-8(11(14)17)13-5-7(15)3-9(13)12(18)19/h6-9,15H,3-5H2,1-2H3,(H,18,19). The number of carboxylic acid groups (broad SMARTS) is 1. The Labute approximate surface area is 110 Å². The van der Waals surface area contributed by atoms with Crippen molar-refractivity contribution in [1.29, 1.82) is 0 Å². The van der Waals surface area contributed by atoms with Gasteiger partial charge < -0.3 is 10.2 Å². The van der Waals surface area contributed by atoms with Gasteiger partial charge in [-0.25, -0.2) is 0 Å². The number of aliphatic hydroxyl groups excluding tert-OH is 1. The zero-order chi connectivity index (χ0) is 14.3. The van der Waals surface area contributed by atoms with E-state index < -0.39 is 24.2 Å². The molecule has 7 heteroatoms. The molecule has 0 bridgehead atoms. The fourth-order valence-corrected chi connectivity index (χ4v) is 2.86. The highest BCUT2D eigenvalue weighted by atomic mass is 16.4. The summed E-state index contributed by atoms with van der Waals surface area (Å²) in [6.45, 7) is 3.60. The SMILES string of the molecule is CC(C)N1C(=O)CC(N2CC(O)CC2C(=O)O)C1=O. The van der Waals surface area contributed by atoms with Crippen molar-refractivity contribution < 1.29 is 24.6 Å². The fraction of sp³-hybridized carbons (Fsp3) is 0.750. The number of rotatable bonds is 3. The third-order valence-corrected chi connectivity index (χ3v) is 3.68.